The maximum absolute atomic E-state index is 11.5. The van der Waals surface area contributed by atoms with E-state index in [0.717, 1.165) is 57.5 Å². The summed E-state index contributed by atoms with van der Waals surface area (Å²) in [5.74, 6) is -0.173. The van der Waals surface area contributed by atoms with Gasteiger partial charge in [-0.05, 0) is 73.6 Å². The van der Waals surface area contributed by atoms with Gasteiger partial charge in [0.1, 0.15) is 18.0 Å². The molecule has 7 nitrogen and oxygen atoms in total. The van der Waals surface area contributed by atoms with Crippen LogP contribution in [0.1, 0.15) is 47.9 Å². The third-order valence-corrected chi connectivity index (χ3v) is 7.18. The first-order valence-electron chi connectivity index (χ1n) is 13.6. The number of aliphatic carboxylic acids is 2. The number of para-hydroxylation sites is 1. The number of nitrogens with zero attached hydrogens (tertiary/aromatic N) is 1. The van der Waals surface area contributed by atoms with Crippen molar-refractivity contribution < 1.29 is 29.3 Å². The second kappa shape index (κ2) is 14.4. The molecule has 0 saturated carbocycles. The van der Waals surface area contributed by atoms with E-state index in [4.69, 9.17) is 26.2 Å². The number of fused-ring (bicyclic) bond motifs is 1. The van der Waals surface area contributed by atoms with Crippen molar-refractivity contribution in [1.82, 2.24) is 4.57 Å². The van der Waals surface area contributed by atoms with Crippen molar-refractivity contribution in [2.24, 2.45) is 0 Å². The molecule has 41 heavy (non-hydrogen) atoms. The van der Waals surface area contributed by atoms with Crippen LogP contribution < -0.4 is 9.47 Å². The zero-order valence-corrected chi connectivity index (χ0v) is 23.8. The molecule has 0 spiro atoms. The molecule has 0 atom stereocenters. The molecule has 0 aliphatic rings. The van der Waals surface area contributed by atoms with Crippen molar-refractivity contribution >= 4 is 46.6 Å². The van der Waals surface area contributed by atoms with Gasteiger partial charge in [-0.2, -0.15) is 0 Å². The van der Waals surface area contributed by atoms with Crippen LogP contribution in [0.3, 0.4) is 0 Å². The van der Waals surface area contributed by atoms with Crippen LogP contribution >= 0.6 is 11.6 Å². The molecular weight excluding hydrogens is 542 g/mol. The molecule has 0 unspecified atom stereocenters. The Hall–Kier alpha value is -4.23. The van der Waals surface area contributed by atoms with Crippen molar-refractivity contribution in [1.29, 1.82) is 0 Å². The summed E-state index contributed by atoms with van der Waals surface area (Å²) in [7, 11) is 0. The van der Waals surface area contributed by atoms with Crippen molar-refractivity contribution in [2.75, 3.05) is 13.2 Å². The van der Waals surface area contributed by atoms with Crippen LogP contribution in [-0.4, -0.2) is 39.9 Å². The van der Waals surface area contributed by atoms with Crippen LogP contribution in [0, 0.1) is 6.92 Å². The van der Waals surface area contributed by atoms with Gasteiger partial charge in [0.05, 0.1) is 18.7 Å². The Morgan fingerprint density at radius 2 is 1.61 bits per heavy atom. The van der Waals surface area contributed by atoms with E-state index in [0.29, 0.717) is 31.1 Å². The molecule has 0 radical (unpaired) electrons. The number of aromatic nitrogens is 1. The van der Waals surface area contributed by atoms with Gasteiger partial charge in [0, 0.05) is 28.6 Å². The number of ether oxygens (including phenoxy) is 2. The van der Waals surface area contributed by atoms with Crippen molar-refractivity contribution in [3.63, 3.8) is 0 Å². The van der Waals surface area contributed by atoms with Crippen LogP contribution in [-0.2, 0) is 22.6 Å². The lowest BCUT2D eigenvalue weighted by Gasteiger charge is -2.10. The minimum Gasteiger partial charge on any atom is -0.494 e. The summed E-state index contributed by atoms with van der Waals surface area (Å²) >= 11 is 6.14. The number of benzene rings is 3. The highest BCUT2D eigenvalue weighted by atomic mass is 35.5. The van der Waals surface area contributed by atoms with Crippen LogP contribution in [0.15, 0.2) is 66.9 Å². The minimum absolute atomic E-state index is 0.0724. The zero-order valence-electron chi connectivity index (χ0n) is 23.0. The van der Waals surface area contributed by atoms with Crippen molar-refractivity contribution in [3.05, 3.63) is 94.1 Å². The number of hydrogen-bond acceptors (Lipinski definition) is 4. The maximum atomic E-state index is 11.5. The molecular formula is C33H34ClNO6. The number of carboxylic acids is 2. The fraction of sp³-hybridized carbons (Fsp3) is 0.273. The number of unbranched alkanes of at least 4 members (excludes halogenated alkanes) is 1. The summed E-state index contributed by atoms with van der Waals surface area (Å²) in [4.78, 5) is 22.5. The molecule has 0 saturated heterocycles. The second-order valence-electron chi connectivity index (χ2n) is 9.84. The zero-order chi connectivity index (χ0) is 29.2. The van der Waals surface area contributed by atoms with Crippen molar-refractivity contribution in [2.45, 2.75) is 45.6 Å². The van der Waals surface area contributed by atoms with E-state index >= 15 is 0 Å². The third kappa shape index (κ3) is 8.38. The molecule has 0 amide bonds. The van der Waals surface area contributed by atoms with Gasteiger partial charge in [-0.15, -0.1) is 0 Å². The van der Waals surface area contributed by atoms with Crippen LogP contribution in [0.4, 0.5) is 0 Å². The summed E-state index contributed by atoms with van der Waals surface area (Å²) in [5, 5.41) is 20.1. The highest BCUT2D eigenvalue weighted by molar-refractivity contribution is 6.31. The molecule has 0 bridgehead atoms. The van der Waals surface area contributed by atoms with Gasteiger partial charge in [-0.3, -0.25) is 9.59 Å². The van der Waals surface area contributed by atoms with E-state index in [1.54, 1.807) is 4.57 Å². The molecule has 1 heterocycles. The highest BCUT2D eigenvalue weighted by Gasteiger charge is 2.13. The van der Waals surface area contributed by atoms with E-state index in [1.165, 1.54) is 0 Å². The van der Waals surface area contributed by atoms with Gasteiger partial charge in [-0.1, -0.05) is 60.2 Å². The van der Waals surface area contributed by atoms with Crippen LogP contribution in [0.25, 0.3) is 23.1 Å². The van der Waals surface area contributed by atoms with E-state index in [1.807, 2.05) is 85.9 Å². The molecule has 4 aromatic rings. The fourth-order valence-corrected chi connectivity index (χ4v) is 4.84. The second-order valence-corrected chi connectivity index (χ2v) is 10.2. The van der Waals surface area contributed by atoms with Crippen LogP contribution in [0.2, 0.25) is 5.02 Å². The smallest absolute Gasteiger partial charge is 0.323 e. The van der Waals surface area contributed by atoms with Gasteiger partial charge < -0.3 is 24.3 Å². The normalized spacial score (nSPS) is 11.3. The summed E-state index contributed by atoms with van der Waals surface area (Å²) in [5.41, 5.74) is 4.60. The molecule has 0 fully saturated rings. The van der Waals surface area contributed by atoms with Crippen molar-refractivity contribution in [3.8, 4) is 11.5 Å². The number of halogens is 1. The Morgan fingerprint density at radius 1 is 0.878 bits per heavy atom. The molecule has 2 N–H and O–H groups in total. The van der Waals surface area contributed by atoms with E-state index in [9.17, 15) is 14.7 Å². The molecule has 3 aromatic carbocycles. The highest BCUT2D eigenvalue weighted by Crippen LogP contribution is 2.28. The SMILES string of the molecule is Cc1c(Cl)cccc1OCCCCOc1ccc(C=Cc2cccc3c(CCCC(=O)O)cn(CC(=O)O)c23)cc1. The Bertz CT molecular complexity index is 1520. The predicted octanol–water partition coefficient (Wildman–Crippen LogP) is 7.50. The van der Waals surface area contributed by atoms with Crippen LogP contribution in [0.5, 0.6) is 11.5 Å². The first-order chi connectivity index (χ1) is 19.8. The monoisotopic (exact) mass is 575 g/mol. The quantitative estimate of drug-likeness (QED) is 0.112. The average Bonchev–Trinajstić information content (AvgIpc) is 3.29. The third-order valence-electron chi connectivity index (χ3n) is 6.77. The largest absolute Gasteiger partial charge is 0.494 e. The van der Waals surface area contributed by atoms with Gasteiger partial charge in [0.15, 0.2) is 0 Å². The lowest BCUT2D eigenvalue weighted by atomic mass is 10.0. The molecule has 4 rings (SSSR count). The molecule has 214 valence electrons. The van der Waals surface area contributed by atoms with E-state index in [2.05, 4.69) is 0 Å². The van der Waals surface area contributed by atoms with Gasteiger partial charge >= 0.3 is 11.9 Å². The van der Waals surface area contributed by atoms with Gasteiger partial charge in [0.25, 0.3) is 0 Å². The summed E-state index contributed by atoms with van der Waals surface area (Å²) in [6.45, 7) is 2.96. The predicted molar refractivity (Wildman–Crippen MR) is 162 cm³/mol. The summed E-state index contributed by atoms with van der Waals surface area (Å²) in [6, 6.07) is 19.3. The van der Waals surface area contributed by atoms with Gasteiger partial charge in [0.2, 0.25) is 0 Å². The number of hydrogen-bond donors (Lipinski definition) is 2. The molecule has 0 aliphatic carbocycles. The summed E-state index contributed by atoms with van der Waals surface area (Å²) in [6.07, 6.45) is 8.64. The van der Waals surface area contributed by atoms with Gasteiger partial charge in [-0.25, -0.2) is 0 Å². The minimum atomic E-state index is -0.933. The maximum Gasteiger partial charge on any atom is 0.323 e. The number of carbonyl (C=O) groups is 2. The standard InChI is InChI=1S/C33H34ClNO6/c1-23-29(34)10-6-11-30(23)41-20-3-2-19-40-27-17-14-24(15-18-27)13-16-25-7-4-9-28-26(8-5-12-31(36)37)21-35(33(25)28)22-32(38)39/h4,6-7,9-11,13-18,21H,2-3,5,8,12,19-20,22H2,1H3,(H,36,37)(H,38,39). The Kier molecular flexibility index (Phi) is 10.5. The number of rotatable bonds is 15. The lowest BCUT2D eigenvalue weighted by Crippen LogP contribution is -2.07. The Labute approximate surface area is 244 Å². The first kappa shape index (κ1) is 29.7. The molecule has 1 aromatic heterocycles. The van der Waals surface area contributed by atoms with E-state index in [-0.39, 0.29) is 13.0 Å². The Morgan fingerprint density at radius 3 is 2.34 bits per heavy atom. The molecule has 8 heteroatoms. The Balaban J connectivity index is 1.34. The summed E-state index contributed by atoms with van der Waals surface area (Å²) < 4.78 is 13.4. The number of aryl methyl sites for hydroxylation is 1. The average molecular weight is 576 g/mol. The van der Waals surface area contributed by atoms with E-state index < -0.39 is 11.9 Å². The first-order valence-corrected chi connectivity index (χ1v) is 14.0. The number of carboxylic acid groups (broad SMARTS) is 2. The topological polar surface area (TPSA) is 98.0 Å². The molecule has 0 aliphatic heterocycles. The lowest BCUT2D eigenvalue weighted by molar-refractivity contribution is -0.138. The fourth-order valence-electron chi connectivity index (χ4n) is 4.68.